The number of Topliss-reactive ketones (excluding diaryl/α,β-unsaturated/α-hetero) is 1. The lowest BCUT2D eigenvalue weighted by Gasteiger charge is -2.68. The summed E-state index contributed by atoms with van der Waals surface area (Å²) in [5, 5.41) is 9.84. The monoisotopic (exact) mass is 265 g/mol. The van der Waals surface area contributed by atoms with Crippen molar-refractivity contribution in [3.05, 3.63) is 0 Å². The van der Waals surface area contributed by atoms with Gasteiger partial charge in [-0.3, -0.25) is 9.59 Å². The van der Waals surface area contributed by atoms with Crippen molar-refractivity contribution in [3.8, 4) is 0 Å². The molecule has 4 fully saturated rings. The zero-order valence-electron chi connectivity index (χ0n) is 11.7. The fourth-order valence-electron chi connectivity index (χ4n) is 5.82. The maximum atomic E-state index is 12.6. The molecule has 4 aliphatic rings. The lowest BCUT2D eigenvalue weighted by Crippen LogP contribution is -2.78. The maximum absolute atomic E-state index is 12.6. The first-order chi connectivity index (χ1) is 8.79. The van der Waals surface area contributed by atoms with Gasteiger partial charge in [0.25, 0.3) is 0 Å². The molecule has 0 radical (unpaired) electrons. The highest BCUT2D eigenvalue weighted by Gasteiger charge is 2.74. The van der Waals surface area contributed by atoms with Gasteiger partial charge >= 0.3 is 5.97 Å². The zero-order chi connectivity index (χ0) is 14.1. The molecule has 4 heteroatoms. The number of carboxylic acid groups (broad SMARTS) is 1. The summed E-state index contributed by atoms with van der Waals surface area (Å²) in [6.45, 7) is 3.84. The fraction of sp³-hybridized carbons (Fsp3) is 0.867. The van der Waals surface area contributed by atoms with Crippen molar-refractivity contribution in [2.45, 2.75) is 57.9 Å². The molecule has 0 aliphatic heterocycles. The van der Waals surface area contributed by atoms with Crippen molar-refractivity contribution in [2.75, 3.05) is 0 Å². The van der Waals surface area contributed by atoms with Crippen LogP contribution in [-0.2, 0) is 9.59 Å². The van der Waals surface area contributed by atoms with E-state index in [4.69, 9.17) is 5.73 Å². The number of nitrogens with two attached hydrogens (primary N) is 1. The second-order valence-corrected chi connectivity index (χ2v) is 7.32. The van der Waals surface area contributed by atoms with Crippen LogP contribution in [0.15, 0.2) is 0 Å². The Kier molecular flexibility index (Phi) is 2.48. The first-order valence-electron chi connectivity index (χ1n) is 7.34. The molecular formula is C15H23NO3. The van der Waals surface area contributed by atoms with Crippen LogP contribution in [0, 0.1) is 22.7 Å². The van der Waals surface area contributed by atoms with Crippen molar-refractivity contribution >= 4 is 11.8 Å². The van der Waals surface area contributed by atoms with Crippen molar-refractivity contribution in [1.29, 1.82) is 0 Å². The topological polar surface area (TPSA) is 80.4 Å². The summed E-state index contributed by atoms with van der Waals surface area (Å²) >= 11 is 0. The van der Waals surface area contributed by atoms with E-state index in [9.17, 15) is 14.7 Å². The zero-order valence-corrected chi connectivity index (χ0v) is 11.7. The summed E-state index contributed by atoms with van der Waals surface area (Å²) < 4.78 is 0. The largest absolute Gasteiger partial charge is 0.481 e. The number of aliphatic carboxylic acids is 1. The predicted molar refractivity (Wildman–Crippen MR) is 70.5 cm³/mol. The molecule has 4 aliphatic carbocycles. The van der Waals surface area contributed by atoms with Crippen LogP contribution >= 0.6 is 0 Å². The molecule has 3 N–H and O–H groups in total. The van der Waals surface area contributed by atoms with Crippen LogP contribution in [0.2, 0.25) is 0 Å². The normalized spacial score (nSPS) is 51.3. The molecule has 0 spiro atoms. The minimum atomic E-state index is -1.17. The van der Waals surface area contributed by atoms with E-state index in [1.54, 1.807) is 6.92 Å². The summed E-state index contributed by atoms with van der Waals surface area (Å²) in [7, 11) is 0. The summed E-state index contributed by atoms with van der Waals surface area (Å²) in [4.78, 5) is 24.5. The molecule has 4 nitrogen and oxygen atoms in total. The van der Waals surface area contributed by atoms with Gasteiger partial charge in [0, 0.05) is 6.42 Å². The first-order valence-corrected chi connectivity index (χ1v) is 7.34. The van der Waals surface area contributed by atoms with Gasteiger partial charge in [0.2, 0.25) is 0 Å². The second-order valence-electron chi connectivity index (χ2n) is 7.32. The number of carbonyl (C=O) groups is 2. The van der Waals surface area contributed by atoms with Crippen molar-refractivity contribution in [3.63, 3.8) is 0 Å². The van der Waals surface area contributed by atoms with Crippen LogP contribution in [0.4, 0.5) is 0 Å². The van der Waals surface area contributed by atoms with Gasteiger partial charge in [-0.1, -0.05) is 13.8 Å². The fourth-order valence-corrected chi connectivity index (χ4v) is 5.82. The SMILES string of the molecule is CCC(=O)C1(N)C2(C)CC3CC(C2)CC1(C(=O)O)C3. The minimum absolute atomic E-state index is 0.0591. The molecule has 0 aromatic heterocycles. The smallest absolute Gasteiger partial charge is 0.312 e. The number of hydrogen-bond donors (Lipinski definition) is 2. The average Bonchev–Trinajstić information content (AvgIpc) is 2.33. The van der Waals surface area contributed by atoms with Crippen molar-refractivity contribution in [2.24, 2.45) is 28.4 Å². The molecule has 19 heavy (non-hydrogen) atoms. The lowest BCUT2D eigenvalue weighted by molar-refractivity contribution is -0.203. The van der Waals surface area contributed by atoms with Crippen LogP contribution in [-0.4, -0.2) is 22.4 Å². The summed E-state index contributed by atoms with van der Waals surface area (Å²) in [6.07, 6.45) is 4.48. The van der Waals surface area contributed by atoms with Crippen LogP contribution in [0.1, 0.15) is 52.4 Å². The molecule has 0 aromatic carbocycles. The van der Waals surface area contributed by atoms with Crippen LogP contribution in [0.5, 0.6) is 0 Å². The number of hydrogen-bond acceptors (Lipinski definition) is 3. The Hall–Kier alpha value is -0.900. The molecule has 106 valence electrons. The average molecular weight is 265 g/mol. The van der Waals surface area contributed by atoms with Gasteiger partial charge < -0.3 is 10.8 Å². The molecule has 4 saturated carbocycles. The van der Waals surface area contributed by atoms with E-state index in [0.717, 1.165) is 19.3 Å². The lowest BCUT2D eigenvalue weighted by atomic mass is 9.36. The van der Waals surface area contributed by atoms with E-state index in [1.807, 2.05) is 0 Å². The number of rotatable bonds is 3. The highest BCUT2D eigenvalue weighted by molar-refractivity contribution is 5.97. The Morgan fingerprint density at radius 2 is 1.74 bits per heavy atom. The van der Waals surface area contributed by atoms with E-state index in [1.165, 1.54) is 0 Å². The Labute approximate surface area is 113 Å². The van der Waals surface area contributed by atoms with Gasteiger partial charge in [0.15, 0.2) is 5.78 Å². The third kappa shape index (κ3) is 1.28. The van der Waals surface area contributed by atoms with Crippen molar-refractivity contribution < 1.29 is 14.7 Å². The van der Waals surface area contributed by atoms with Gasteiger partial charge in [-0.15, -0.1) is 0 Å². The number of carboxylic acids is 1. The van der Waals surface area contributed by atoms with E-state index in [2.05, 4.69) is 6.92 Å². The van der Waals surface area contributed by atoms with Gasteiger partial charge in [0.1, 0.15) is 0 Å². The second kappa shape index (κ2) is 3.60. The van der Waals surface area contributed by atoms with E-state index in [0.29, 0.717) is 31.1 Å². The maximum Gasteiger partial charge on any atom is 0.312 e. The third-order valence-corrected chi connectivity index (χ3v) is 6.30. The minimum Gasteiger partial charge on any atom is -0.481 e. The van der Waals surface area contributed by atoms with E-state index >= 15 is 0 Å². The van der Waals surface area contributed by atoms with Crippen LogP contribution in [0.25, 0.3) is 0 Å². The van der Waals surface area contributed by atoms with Crippen molar-refractivity contribution in [1.82, 2.24) is 0 Å². The van der Waals surface area contributed by atoms with Crippen LogP contribution < -0.4 is 5.73 Å². The summed E-state index contributed by atoms with van der Waals surface area (Å²) in [5.74, 6) is -0.0295. The molecule has 0 saturated heterocycles. The van der Waals surface area contributed by atoms with E-state index in [-0.39, 0.29) is 11.2 Å². The summed E-state index contributed by atoms with van der Waals surface area (Å²) in [6, 6.07) is 0. The third-order valence-electron chi connectivity index (χ3n) is 6.30. The van der Waals surface area contributed by atoms with Gasteiger partial charge in [-0.25, -0.2) is 0 Å². The Bertz CT molecular complexity index is 444. The molecule has 0 amide bonds. The van der Waals surface area contributed by atoms with Gasteiger partial charge in [-0.05, 0) is 49.4 Å². The van der Waals surface area contributed by atoms with Gasteiger partial charge in [-0.2, -0.15) is 0 Å². The molecule has 0 aromatic rings. The van der Waals surface area contributed by atoms with Gasteiger partial charge in [0.05, 0.1) is 11.0 Å². The number of ketones is 1. The molecule has 4 bridgehead atoms. The highest BCUT2D eigenvalue weighted by atomic mass is 16.4. The molecule has 3 atom stereocenters. The Balaban J connectivity index is 2.19. The predicted octanol–water partition coefficient (Wildman–Crippen LogP) is 1.96. The summed E-state index contributed by atoms with van der Waals surface area (Å²) in [5.41, 5.74) is 4.07. The standard InChI is InChI=1S/C15H23NO3/c1-3-11(17)15(16)13(2)5-9-4-10(6-13)8-14(15,7-9)12(18)19/h9-10H,3-8,16H2,1-2H3,(H,18,19). The van der Waals surface area contributed by atoms with Crippen LogP contribution in [0.3, 0.4) is 0 Å². The van der Waals surface area contributed by atoms with E-state index < -0.39 is 16.9 Å². The first kappa shape index (κ1) is 13.1. The Morgan fingerprint density at radius 3 is 2.16 bits per heavy atom. The number of carbonyl (C=O) groups excluding carboxylic acids is 1. The molecule has 3 unspecified atom stereocenters. The Morgan fingerprint density at radius 1 is 1.21 bits per heavy atom. The molecular weight excluding hydrogens is 242 g/mol. The quantitative estimate of drug-likeness (QED) is 0.817. The highest BCUT2D eigenvalue weighted by Crippen LogP contribution is 2.69. The molecule has 0 heterocycles. The molecule has 4 rings (SSSR count).